The molecule has 20 heavy (non-hydrogen) atoms. The normalized spacial score (nSPS) is 11.2. The van der Waals surface area contributed by atoms with Crippen LogP contribution in [0.3, 0.4) is 0 Å². The molecule has 0 saturated heterocycles. The Morgan fingerprint density at radius 2 is 1.95 bits per heavy atom. The van der Waals surface area contributed by atoms with Crippen molar-refractivity contribution in [2.45, 2.75) is 6.18 Å². The number of halogens is 5. The summed E-state index contributed by atoms with van der Waals surface area (Å²) in [7, 11) is 0. The van der Waals surface area contributed by atoms with Crippen molar-refractivity contribution in [2.24, 2.45) is 0 Å². The molecule has 1 amide bonds. The molecular weight excluding hydrogens is 295 g/mol. The van der Waals surface area contributed by atoms with Gasteiger partial charge in [-0.3, -0.25) is 19.7 Å². The summed E-state index contributed by atoms with van der Waals surface area (Å²) in [6, 6.07) is 0.901. The van der Waals surface area contributed by atoms with E-state index in [4.69, 9.17) is 0 Å². The van der Waals surface area contributed by atoms with Gasteiger partial charge in [-0.15, -0.1) is 0 Å². The van der Waals surface area contributed by atoms with Crippen LogP contribution in [0.4, 0.5) is 27.6 Å². The number of hydroxylamine groups is 1. The van der Waals surface area contributed by atoms with Crippen LogP contribution < -0.4 is 5.48 Å². The third-order valence-corrected chi connectivity index (χ3v) is 1.90. The standard InChI is InChI=1S/C9H5F5N2O4/c10-4-1-2-5(16(18)19)7(11)6(4)8(17)15-20-3-9(12,13)14/h1-2H,3H2,(H,15,17). The number of carbonyl (C=O) groups excluding carboxylic acids is 1. The summed E-state index contributed by atoms with van der Waals surface area (Å²) in [4.78, 5) is 24.1. The van der Waals surface area contributed by atoms with Gasteiger partial charge in [-0.05, 0) is 6.07 Å². The van der Waals surface area contributed by atoms with Crippen LogP contribution in [0.1, 0.15) is 10.4 Å². The van der Waals surface area contributed by atoms with Gasteiger partial charge in [0.1, 0.15) is 11.4 Å². The summed E-state index contributed by atoms with van der Waals surface area (Å²) >= 11 is 0. The minimum absolute atomic E-state index is 0.430. The van der Waals surface area contributed by atoms with E-state index in [0.29, 0.717) is 12.1 Å². The van der Waals surface area contributed by atoms with Gasteiger partial charge < -0.3 is 0 Å². The number of nitrogens with zero attached hydrogens (tertiary/aromatic N) is 1. The van der Waals surface area contributed by atoms with E-state index in [2.05, 4.69) is 4.84 Å². The number of alkyl halides is 3. The molecule has 0 aliphatic carbocycles. The highest BCUT2D eigenvalue weighted by Crippen LogP contribution is 2.23. The van der Waals surface area contributed by atoms with Crippen LogP contribution in [-0.2, 0) is 4.84 Å². The lowest BCUT2D eigenvalue weighted by atomic mass is 10.1. The van der Waals surface area contributed by atoms with Crippen molar-refractivity contribution >= 4 is 11.6 Å². The molecule has 0 saturated carbocycles. The molecular formula is C9H5F5N2O4. The molecule has 1 aromatic rings. The monoisotopic (exact) mass is 300 g/mol. The molecule has 1 N–H and O–H groups in total. The van der Waals surface area contributed by atoms with Crippen molar-refractivity contribution in [1.29, 1.82) is 0 Å². The Morgan fingerprint density at radius 1 is 1.35 bits per heavy atom. The number of nitro benzene ring substituents is 1. The molecule has 0 unspecified atom stereocenters. The third kappa shape index (κ3) is 3.85. The Labute approximate surface area is 107 Å². The molecule has 0 heterocycles. The van der Waals surface area contributed by atoms with Gasteiger partial charge in [0, 0.05) is 6.07 Å². The van der Waals surface area contributed by atoms with Crippen LogP contribution >= 0.6 is 0 Å². The molecule has 1 aromatic carbocycles. The highest BCUT2D eigenvalue weighted by atomic mass is 19.4. The van der Waals surface area contributed by atoms with E-state index in [1.165, 1.54) is 0 Å². The van der Waals surface area contributed by atoms with Gasteiger partial charge >= 0.3 is 11.9 Å². The fraction of sp³-hybridized carbons (Fsp3) is 0.222. The number of rotatable bonds is 4. The lowest BCUT2D eigenvalue weighted by Gasteiger charge is -2.09. The number of hydrogen-bond donors (Lipinski definition) is 1. The van der Waals surface area contributed by atoms with Crippen LogP contribution in [0.15, 0.2) is 12.1 Å². The molecule has 0 aliphatic rings. The molecule has 0 spiro atoms. The number of benzene rings is 1. The molecule has 11 heteroatoms. The zero-order chi connectivity index (χ0) is 15.5. The quantitative estimate of drug-likeness (QED) is 0.524. The highest BCUT2D eigenvalue weighted by Gasteiger charge is 2.30. The zero-order valence-electron chi connectivity index (χ0n) is 9.33. The summed E-state index contributed by atoms with van der Waals surface area (Å²) in [5, 5.41) is 10.4. The minimum Gasteiger partial charge on any atom is -0.267 e. The minimum atomic E-state index is -4.77. The van der Waals surface area contributed by atoms with Crippen LogP contribution in [0.25, 0.3) is 0 Å². The molecule has 0 aliphatic heterocycles. The van der Waals surface area contributed by atoms with Crippen LogP contribution in [-0.4, -0.2) is 23.6 Å². The second-order valence-electron chi connectivity index (χ2n) is 3.35. The summed E-state index contributed by atoms with van der Waals surface area (Å²) in [6.45, 7) is -1.89. The SMILES string of the molecule is O=C(NOCC(F)(F)F)c1c(F)ccc([N+](=O)[O-])c1F. The molecule has 0 bridgehead atoms. The van der Waals surface area contributed by atoms with Crippen molar-refractivity contribution in [3.8, 4) is 0 Å². The van der Waals surface area contributed by atoms with Crippen molar-refractivity contribution < 1.29 is 36.5 Å². The number of nitrogens with one attached hydrogen (secondary N) is 1. The first-order valence-corrected chi connectivity index (χ1v) is 4.74. The lowest BCUT2D eigenvalue weighted by Crippen LogP contribution is -2.30. The molecule has 0 atom stereocenters. The molecule has 6 nitrogen and oxygen atoms in total. The van der Waals surface area contributed by atoms with Gasteiger partial charge in [-0.1, -0.05) is 0 Å². The van der Waals surface area contributed by atoms with E-state index in [1.54, 1.807) is 0 Å². The predicted molar refractivity (Wildman–Crippen MR) is 52.5 cm³/mol. The summed E-state index contributed by atoms with van der Waals surface area (Å²) < 4.78 is 61.8. The van der Waals surface area contributed by atoms with Gasteiger partial charge in [0.15, 0.2) is 6.61 Å². The Bertz CT molecular complexity index is 546. The highest BCUT2D eigenvalue weighted by molar-refractivity contribution is 5.94. The Balaban J connectivity index is 2.93. The van der Waals surface area contributed by atoms with E-state index < -0.39 is 46.5 Å². The second-order valence-corrected chi connectivity index (χ2v) is 3.35. The number of nitro groups is 1. The first-order chi connectivity index (χ1) is 9.13. The number of amides is 1. The molecule has 110 valence electrons. The number of carbonyl (C=O) groups is 1. The first kappa shape index (κ1) is 15.8. The molecule has 0 aromatic heterocycles. The van der Waals surface area contributed by atoms with Crippen molar-refractivity contribution in [3.05, 3.63) is 39.4 Å². The van der Waals surface area contributed by atoms with Crippen LogP contribution in [0, 0.1) is 21.7 Å². The van der Waals surface area contributed by atoms with E-state index in [0.717, 1.165) is 5.48 Å². The van der Waals surface area contributed by atoms with E-state index in [9.17, 15) is 36.9 Å². The summed E-state index contributed by atoms with van der Waals surface area (Å²) in [5.74, 6) is -5.02. The smallest absolute Gasteiger partial charge is 0.267 e. The average Bonchev–Trinajstić information content (AvgIpc) is 2.26. The fourth-order valence-corrected chi connectivity index (χ4v) is 1.13. The Hall–Kier alpha value is -2.30. The average molecular weight is 300 g/mol. The zero-order valence-corrected chi connectivity index (χ0v) is 9.33. The third-order valence-electron chi connectivity index (χ3n) is 1.90. The molecule has 0 radical (unpaired) electrons. The Morgan fingerprint density at radius 3 is 2.45 bits per heavy atom. The summed E-state index contributed by atoms with van der Waals surface area (Å²) in [6.07, 6.45) is -4.77. The summed E-state index contributed by atoms with van der Waals surface area (Å²) in [5.41, 5.74) is -1.48. The van der Waals surface area contributed by atoms with Crippen molar-refractivity contribution in [1.82, 2.24) is 5.48 Å². The van der Waals surface area contributed by atoms with Crippen molar-refractivity contribution in [2.75, 3.05) is 6.61 Å². The predicted octanol–water partition coefficient (Wildman–Crippen LogP) is 2.10. The topological polar surface area (TPSA) is 81.5 Å². The lowest BCUT2D eigenvalue weighted by molar-refractivity contribution is -0.387. The first-order valence-electron chi connectivity index (χ1n) is 4.74. The van der Waals surface area contributed by atoms with Gasteiger partial charge in [-0.2, -0.15) is 17.6 Å². The van der Waals surface area contributed by atoms with Crippen LogP contribution in [0.2, 0.25) is 0 Å². The van der Waals surface area contributed by atoms with Gasteiger partial charge in [-0.25, -0.2) is 9.87 Å². The fourth-order valence-electron chi connectivity index (χ4n) is 1.13. The van der Waals surface area contributed by atoms with E-state index in [-0.39, 0.29) is 0 Å². The van der Waals surface area contributed by atoms with E-state index >= 15 is 0 Å². The van der Waals surface area contributed by atoms with Gasteiger partial charge in [0.25, 0.3) is 5.91 Å². The molecule has 0 fully saturated rings. The second kappa shape index (κ2) is 5.77. The maximum absolute atomic E-state index is 13.5. The Kier molecular flexibility index (Phi) is 4.55. The van der Waals surface area contributed by atoms with Crippen LogP contribution in [0.5, 0.6) is 0 Å². The van der Waals surface area contributed by atoms with E-state index in [1.807, 2.05) is 0 Å². The number of hydrogen-bond acceptors (Lipinski definition) is 4. The molecule has 1 rings (SSSR count). The maximum atomic E-state index is 13.5. The van der Waals surface area contributed by atoms with Gasteiger partial charge in [0.2, 0.25) is 5.82 Å². The van der Waals surface area contributed by atoms with Gasteiger partial charge in [0.05, 0.1) is 4.92 Å². The largest absolute Gasteiger partial charge is 0.414 e. The van der Waals surface area contributed by atoms with Crippen molar-refractivity contribution in [3.63, 3.8) is 0 Å². The maximum Gasteiger partial charge on any atom is 0.414 e.